The van der Waals surface area contributed by atoms with Crippen LogP contribution in [0.25, 0.3) is 0 Å². The highest BCUT2D eigenvalue weighted by atomic mass is 16.5. The number of ether oxygens (including phenoxy) is 2. The van der Waals surface area contributed by atoms with E-state index in [9.17, 15) is 4.79 Å². The van der Waals surface area contributed by atoms with Crippen LogP contribution >= 0.6 is 0 Å². The van der Waals surface area contributed by atoms with Gasteiger partial charge >= 0.3 is 0 Å². The van der Waals surface area contributed by atoms with Crippen LogP contribution in [0.2, 0.25) is 0 Å². The highest BCUT2D eigenvalue weighted by molar-refractivity contribution is 6.00. The van der Waals surface area contributed by atoms with Crippen molar-refractivity contribution < 1.29 is 14.3 Å². The van der Waals surface area contributed by atoms with E-state index >= 15 is 0 Å². The highest BCUT2D eigenvalue weighted by Crippen LogP contribution is 2.32. The Bertz CT molecular complexity index is 519. The average Bonchev–Trinajstić information content (AvgIpc) is 2.71. The fraction of sp³-hybridized carbons (Fsp3) is 0.533. The predicted molar refractivity (Wildman–Crippen MR) is 82.0 cm³/mol. The molecule has 0 aliphatic carbocycles. The van der Waals surface area contributed by atoms with Gasteiger partial charge in [-0.3, -0.25) is 4.79 Å². The summed E-state index contributed by atoms with van der Waals surface area (Å²) in [6, 6.07) is 3.29. The molecule has 0 saturated carbocycles. The van der Waals surface area contributed by atoms with E-state index in [-0.39, 0.29) is 5.91 Å². The number of nitrogens with zero attached hydrogens (tertiary/aromatic N) is 2. The number of rotatable bonds is 3. The van der Waals surface area contributed by atoms with Crippen molar-refractivity contribution in [1.82, 2.24) is 9.80 Å². The Labute approximate surface area is 125 Å². The van der Waals surface area contributed by atoms with Crippen molar-refractivity contribution in [2.75, 3.05) is 53.2 Å². The Hall–Kier alpha value is -1.95. The lowest BCUT2D eigenvalue weighted by atomic mass is 10.1. The van der Waals surface area contributed by atoms with Crippen LogP contribution in [0.3, 0.4) is 0 Å². The minimum atomic E-state index is -0.0521. The number of hydrogen-bond donors (Lipinski definition) is 1. The molecule has 6 nitrogen and oxygen atoms in total. The lowest BCUT2D eigenvalue weighted by Gasteiger charge is -2.22. The maximum atomic E-state index is 12.7. The van der Waals surface area contributed by atoms with E-state index in [1.165, 1.54) is 0 Å². The van der Waals surface area contributed by atoms with Crippen LogP contribution in [0.15, 0.2) is 12.1 Å². The zero-order valence-corrected chi connectivity index (χ0v) is 12.9. The molecule has 0 aromatic heterocycles. The lowest BCUT2D eigenvalue weighted by molar-refractivity contribution is 0.0763. The molecule has 6 heteroatoms. The second kappa shape index (κ2) is 6.67. The topological polar surface area (TPSA) is 68.0 Å². The van der Waals surface area contributed by atoms with Gasteiger partial charge in [0, 0.05) is 31.4 Å². The number of nitrogen functional groups attached to an aromatic ring is 1. The number of nitrogens with two attached hydrogens (primary N) is 1. The van der Waals surface area contributed by atoms with Gasteiger partial charge in [-0.2, -0.15) is 0 Å². The fourth-order valence-electron chi connectivity index (χ4n) is 2.50. The summed E-state index contributed by atoms with van der Waals surface area (Å²) in [5, 5.41) is 0. The van der Waals surface area contributed by atoms with Gasteiger partial charge in [0.1, 0.15) is 0 Å². The summed E-state index contributed by atoms with van der Waals surface area (Å²) < 4.78 is 10.4. The molecule has 0 atom stereocenters. The molecule has 1 aromatic carbocycles. The number of methoxy groups -OCH3 is 2. The molecule has 1 aliphatic rings. The highest BCUT2D eigenvalue weighted by Gasteiger charge is 2.22. The Morgan fingerprint density at radius 1 is 1.10 bits per heavy atom. The molecule has 116 valence electrons. The molecule has 1 aliphatic heterocycles. The molecule has 1 amide bonds. The summed E-state index contributed by atoms with van der Waals surface area (Å²) in [6.45, 7) is 3.34. The summed E-state index contributed by atoms with van der Waals surface area (Å²) in [4.78, 5) is 16.8. The summed E-state index contributed by atoms with van der Waals surface area (Å²) >= 11 is 0. The number of carbonyl (C=O) groups is 1. The maximum Gasteiger partial charge on any atom is 0.256 e. The van der Waals surface area contributed by atoms with Crippen molar-refractivity contribution in [3.63, 3.8) is 0 Å². The molecular formula is C15H23N3O3. The molecular weight excluding hydrogens is 270 g/mol. The van der Waals surface area contributed by atoms with Crippen molar-refractivity contribution in [1.29, 1.82) is 0 Å². The van der Waals surface area contributed by atoms with E-state index in [0.717, 1.165) is 26.1 Å². The number of hydrogen-bond acceptors (Lipinski definition) is 5. The standard InChI is InChI=1S/C15H23N3O3/c1-17-5-4-6-18(8-7-17)15(19)11-9-13(20-2)14(21-3)10-12(11)16/h9-10H,4-8,16H2,1-3H3. The average molecular weight is 293 g/mol. The van der Waals surface area contributed by atoms with E-state index in [1.807, 2.05) is 4.90 Å². The minimum absolute atomic E-state index is 0.0521. The minimum Gasteiger partial charge on any atom is -0.493 e. The molecule has 0 spiro atoms. The van der Waals surface area contributed by atoms with Crippen molar-refractivity contribution in [3.8, 4) is 11.5 Å². The number of carbonyl (C=O) groups excluding carboxylic acids is 1. The van der Waals surface area contributed by atoms with Gasteiger partial charge in [0.05, 0.1) is 19.8 Å². The summed E-state index contributed by atoms with van der Waals surface area (Å²) in [6.07, 6.45) is 0.968. The van der Waals surface area contributed by atoms with Crippen LogP contribution in [-0.2, 0) is 0 Å². The Morgan fingerprint density at radius 2 is 1.76 bits per heavy atom. The van der Waals surface area contributed by atoms with Crippen molar-refractivity contribution >= 4 is 11.6 Å². The van der Waals surface area contributed by atoms with Gasteiger partial charge in [0.2, 0.25) is 0 Å². The smallest absolute Gasteiger partial charge is 0.256 e. The molecule has 1 fully saturated rings. The van der Waals surface area contributed by atoms with Gasteiger partial charge in [0.15, 0.2) is 11.5 Å². The number of likely N-dealkylation sites (N-methyl/N-ethyl adjacent to an activating group) is 1. The number of benzene rings is 1. The summed E-state index contributed by atoms with van der Waals surface area (Å²) in [7, 11) is 5.16. The first-order valence-corrected chi connectivity index (χ1v) is 7.06. The van der Waals surface area contributed by atoms with E-state index in [2.05, 4.69) is 11.9 Å². The third-order valence-corrected chi connectivity index (χ3v) is 3.79. The largest absolute Gasteiger partial charge is 0.493 e. The zero-order chi connectivity index (χ0) is 15.4. The second-order valence-electron chi connectivity index (χ2n) is 5.24. The monoisotopic (exact) mass is 293 g/mol. The molecule has 1 aromatic rings. The van der Waals surface area contributed by atoms with Crippen LogP contribution in [0.1, 0.15) is 16.8 Å². The fourth-order valence-corrected chi connectivity index (χ4v) is 2.50. The first-order valence-electron chi connectivity index (χ1n) is 7.06. The molecule has 0 radical (unpaired) electrons. The lowest BCUT2D eigenvalue weighted by Crippen LogP contribution is -2.34. The van der Waals surface area contributed by atoms with E-state index in [1.54, 1.807) is 26.4 Å². The summed E-state index contributed by atoms with van der Waals surface area (Å²) in [5.41, 5.74) is 6.88. The van der Waals surface area contributed by atoms with Gasteiger partial charge < -0.3 is 25.0 Å². The van der Waals surface area contributed by atoms with Gasteiger partial charge in [0.25, 0.3) is 5.91 Å². The van der Waals surface area contributed by atoms with Crippen LogP contribution in [0.4, 0.5) is 5.69 Å². The number of amides is 1. The van der Waals surface area contributed by atoms with E-state index in [4.69, 9.17) is 15.2 Å². The van der Waals surface area contributed by atoms with Crippen LogP contribution in [0.5, 0.6) is 11.5 Å². The SMILES string of the molecule is COc1cc(N)c(C(=O)N2CCCN(C)CC2)cc1OC. The molecule has 21 heavy (non-hydrogen) atoms. The van der Waals surface area contributed by atoms with Gasteiger partial charge in [-0.15, -0.1) is 0 Å². The molecule has 1 saturated heterocycles. The molecule has 2 N–H and O–H groups in total. The van der Waals surface area contributed by atoms with Crippen LogP contribution < -0.4 is 15.2 Å². The molecule has 2 rings (SSSR count). The first kappa shape index (κ1) is 15.4. The van der Waals surface area contributed by atoms with Gasteiger partial charge in [-0.25, -0.2) is 0 Å². The van der Waals surface area contributed by atoms with Crippen LogP contribution in [-0.4, -0.2) is 63.2 Å². The van der Waals surface area contributed by atoms with Crippen LogP contribution in [0, 0.1) is 0 Å². The molecule has 0 unspecified atom stereocenters. The number of anilines is 1. The Balaban J connectivity index is 2.26. The quantitative estimate of drug-likeness (QED) is 0.844. The van der Waals surface area contributed by atoms with E-state index in [0.29, 0.717) is 29.3 Å². The van der Waals surface area contributed by atoms with Crippen molar-refractivity contribution in [3.05, 3.63) is 17.7 Å². The third kappa shape index (κ3) is 3.39. The van der Waals surface area contributed by atoms with E-state index < -0.39 is 0 Å². The predicted octanol–water partition coefficient (Wildman–Crippen LogP) is 1.06. The third-order valence-electron chi connectivity index (χ3n) is 3.79. The Kier molecular flexibility index (Phi) is 4.90. The molecule has 0 bridgehead atoms. The van der Waals surface area contributed by atoms with Gasteiger partial charge in [-0.05, 0) is 26.1 Å². The van der Waals surface area contributed by atoms with Crippen molar-refractivity contribution in [2.24, 2.45) is 0 Å². The maximum absolute atomic E-state index is 12.7. The Morgan fingerprint density at radius 3 is 2.43 bits per heavy atom. The molecule has 1 heterocycles. The zero-order valence-electron chi connectivity index (χ0n) is 12.9. The first-order chi connectivity index (χ1) is 10.1. The normalized spacial score (nSPS) is 16.4. The van der Waals surface area contributed by atoms with Crippen molar-refractivity contribution in [2.45, 2.75) is 6.42 Å². The second-order valence-corrected chi connectivity index (χ2v) is 5.24. The summed E-state index contributed by atoms with van der Waals surface area (Å²) in [5.74, 6) is 0.993. The van der Waals surface area contributed by atoms with Gasteiger partial charge in [-0.1, -0.05) is 0 Å².